The van der Waals surface area contributed by atoms with Gasteiger partial charge in [-0.1, -0.05) is 6.07 Å². The second kappa shape index (κ2) is 18.1. The fourth-order valence-corrected chi connectivity index (χ4v) is 6.59. The number of nitrogens with one attached hydrogen (secondary N) is 1. The van der Waals surface area contributed by atoms with Crippen LogP contribution in [0.15, 0.2) is 29.2 Å². The van der Waals surface area contributed by atoms with Crippen LogP contribution in [0.25, 0.3) is 0 Å². The van der Waals surface area contributed by atoms with Crippen molar-refractivity contribution in [2.75, 3.05) is 72.4 Å². The van der Waals surface area contributed by atoms with Gasteiger partial charge in [0.25, 0.3) is 17.7 Å². The highest BCUT2D eigenvalue weighted by molar-refractivity contribution is 5.99. The number of benzene rings is 1. The van der Waals surface area contributed by atoms with E-state index in [1.54, 1.807) is 11.8 Å². The number of carbonyl (C=O) groups is 4. The van der Waals surface area contributed by atoms with Gasteiger partial charge in [-0.2, -0.15) is 0 Å². The SMILES string of the molecule is C[C@H]1CO[C@@H]2Cn3cc(C(=O)NCc4ccc(F)cc4F)c(=O)c(OCOC(=O)OCC(=O)N4CCN(CCN5CCCC5)CC4)c3C(=O)N12.Cl.Cl. The largest absolute Gasteiger partial charge is 0.511 e. The molecular weight excluding hydrogens is 733 g/mol. The van der Waals surface area contributed by atoms with E-state index in [1.165, 1.54) is 28.5 Å². The number of aromatic nitrogens is 1. The lowest BCUT2D eigenvalue weighted by molar-refractivity contribution is -0.137. The molecule has 0 unspecified atom stereocenters. The van der Waals surface area contributed by atoms with Crippen LogP contribution in [-0.2, 0) is 32.1 Å². The molecule has 3 amide bonds. The highest BCUT2D eigenvalue weighted by Crippen LogP contribution is 2.30. The summed E-state index contributed by atoms with van der Waals surface area (Å²) in [6.45, 7) is 6.98. The Balaban J connectivity index is 0.00000302. The number of piperazine rings is 1. The second-order valence-electron chi connectivity index (χ2n) is 12.7. The average molecular weight is 776 g/mol. The maximum atomic E-state index is 14.1. The molecule has 19 heteroatoms. The number of pyridine rings is 1. The number of nitrogens with zero attached hydrogens (tertiary/aromatic N) is 5. The Bertz CT molecular complexity index is 1690. The van der Waals surface area contributed by atoms with Crippen LogP contribution in [0.5, 0.6) is 5.75 Å². The van der Waals surface area contributed by atoms with Gasteiger partial charge in [0.05, 0.1) is 19.2 Å². The molecule has 0 radical (unpaired) electrons. The summed E-state index contributed by atoms with van der Waals surface area (Å²) in [7, 11) is 0. The molecule has 2 atom stereocenters. The third-order valence-corrected chi connectivity index (χ3v) is 9.39. The fourth-order valence-electron chi connectivity index (χ4n) is 6.59. The third-order valence-electron chi connectivity index (χ3n) is 9.39. The van der Waals surface area contributed by atoms with Crippen LogP contribution in [0.3, 0.4) is 0 Å². The molecule has 0 aliphatic carbocycles. The Morgan fingerprint density at radius 2 is 1.65 bits per heavy atom. The van der Waals surface area contributed by atoms with E-state index in [1.807, 2.05) is 0 Å². The highest BCUT2D eigenvalue weighted by Gasteiger charge is 2.43. The molecule has 3 saturated heterocycles. The lowest BCUT2D eigenvalue weighted by atomic mass is 10.1. The Morgan fingerprint density at radius 3 is 2.35 bits per heavy atom. The van der Waals surface area contributed by atoms with Gasteiger partial charge in [-0.3, -0.25) is 24.1 Å². The Morgan fingerprint density at radius 1 is 0.962 bits per heavy atom. The van der Waals surface area contributed by atoms with E-state index in [9.17, 15) is 32.8 Å². The van der Waals surface area contributed by atoms with Crippen LogP contribution in [0.4, 0.5) is 13.6 Å². The first-order chi connectivity index (χ1) is 24.1. The number of hydrogen-bond acceptors (Lipinski definition) is 11. The molecule has 2 aromatic rings. The van der Waals surface area contributed by atoms with Crippen molar-refractivity contribution in [2.24, 2.45) is 0 Å². The van der Waals surface area contributed by atoms with Crippen LogP contribution in [0, 0.1) is 11.6 Å². The van der Waals surface area contributed by atoms with Gasteiger partial charge >= 0.3 is 6.16 Å². The molecule has 4 aliphatic heterocycles. The summed E-state index contributed by atoms with van der Waals surface area (Å²) in [5.41, 5.74) is -1.63. The molecule has 3 fully saturated rings. The lowest BCUT2D eigenvalue weighted by Crippen LogP contribution is -2.51. The first kappa shape index (κ1) is 40.7. The number of halogens is 4. The normalized spacial score (nSPS) is 19.9. The summed E-state index contributed by atoms with van der Waals surface area (Å²) in [6, 6.07) is 2.55. The molecule has 52 heavy (non-hydrogen) atoms. The van der Waals surface area contributed by atoms with E-state index in [4.69, 9.17) is 18.9 Å². The highest BCUT2D eigenvalue weighted by atomic mass is 35.5. The standard InChI is InChI=1S/C33H40F2N6O9.2ClH/c1-21-18-47-27-17-40-16-24(31(44)36-15-22-4-5-23(34)14-25(22)35)29(43)30(28(40)32(45)41(21)27)49-20-50-33(46)48-19-26(42)39-12-10-38(11-13-39)9-8-37-6-2-3-7-37;;/h4-5,14,16,21,27H,2-3,6-13,15,17-20H2,1H3,(H,36,44);2*1H/t21-,27+;;/m0../s1. The molecule has 0 spiro atoms. The van der Waals surface area contributed by atoms with Gasteiger partial charge in [-0.05, 0) is 38.9 Å². The molecule has 0 saturated carbocycles. The quantitative estimate of drug-likeness (QED) is 0.263. The van der Waals surface area contributed by atoms with Gasteiger partial charge < -0.3 is 43.5 Å². The lowest BCUT2D eigenvalue weighted by Gasteiger charge is -2.35. The molecule has 6 rings (SSSR count). The van der Waals surface area contributed by atoms with E-state index in [0.29, 0.717) is 19.2 Å². The molecule has 4 aliphatic rings. The van der Waals surface area contributed by atoms with Gasteiger partial charge in [0.15, 0.2) is 18.5 Å². The number of carbonyl (C=O) groups excluding carboxylic acids is 4. The van der Waals surface area contributed by atoms with Crippen molar-refractivity contribution in [1.29, 1.82) is 0 Å². The Kier molecular flexibility index (Phi) is 14.2. The Labute approximate surface area is 310 Å². The molecule has 15 nitrogen and oxygen atoms in total. The summed E-state index contributed by atoms with van der Waals surface area (Å²) in [4.78, 5) is 73.1. The number of amides is 3. The van der Waals surface area contributed by atoms with Crippen LogP contribution >= 0.6 is 24.8 Å². The smallest absolute Gasteiger partial charge is 0.451 e. The van der Waals surface area contributed by atoms with Crippen LogP contribution < -0.4 is 15.5 Å². The zero-order valence-corrected chi connectivity index (χ0v) is 30.2. The average Bonchev–Trinajstić information content (AvgIpc) is 3.76. The number of ether oxygens (including phenoxy) is 4. The predicted molar refractivity (Wildman–Crippen MR) is 185 cm³/mol. The minimum atomic E-state index is -1.24. The second-order valence-corrected chi connectivity index (χ2v) is 12.7. The predicted octanol–water partition coefficient (Wildman–Crippen LogP) is 1.83. The Hall–Kier alpha value is -4.03. The van der Waals surface area contributed by atoms with Gasteiger partial charge in [-0.15, -0.1) is 24.8 Å². The molecule has 1 aromatic carbocycles. The van der Waals surface area contributed by atoms with Gasteiger partial charge in [0, 0.05) is 63.6 Å². The van der Waals surface area contributed by atoms with E-state index in [0.717, 1.165) is 51.4 Å². The number of likely N-dealkylation sites (tertiary alicyclic amines) is 1. The molecule has 5 heterocycles. The monoisotopic (exact) mass is 774 g/mol. The van der Waals surface area contributed by atoms with E-state index in [-0.39, 0.29) is 67.7 Å². The van der Waals surface area contributed by atoms with Crippen molar-refractivity contribution < 1.29 is 46.9 Å². The molecule has 286 valence electrons. The minimum absolute atomic E-state index is 0. The van der Waals surface area contributed by atoms with Crippen LogP contribution in [0.2, 0.25) is 0 Å². The van der Waals surface area contributed by atoms with Crippen molar-refractivity contribution in [2.45, 2.75) is 45.1 Å². The molecule has 1 N–H and O–H groups in total. The van der Waals surface area contributed by atoms with Gasteiger partial charge in [0.2, 0.25) is 18.0 Å². The van der Waals surface area contributed by atoms with Crippen LogP contribution in [-0.4, -0.2) is 133 Å². The van der Waals surface area contributed by atoms with Crippen LogP contribution in [0.1, 0.15) is 46.2 Å². The van der Waals surface area contributed by atoms with E-state index < -0.39 is 66.0 Å². The number of rotatable bonds is 11. The summed E-state index contributed by atoms with van der Waals surface area (Å²) >= 11 is 0. The summed E-state index contributed by atoms with van der Waals surface area (Å²) in [6.07, 6.45) is 1.76. The number of hydrogen-bond donors (Lipinski definition) is 1. The third kappa shape index (κ3) is 9.30. The maximum absolute atomic E-state index is 14.1. The number of fused-ring (bicyclic) bond motifs is 2. The molecular formula is C33H42Cl2F2N6O9. The summed E-state index contributed by atoms with van der Waals surface area (Å²) in [5.74, 6) is -4.12. The fraction of sp³-hybridized carbons (Fsp3) is 0.545. The topological polar surface area (TPSA) is 152 Å². The summed E-state index contributed by atoms with van der Waals surface area (Å²) in [5, 5.41) is 2.42. The van der Waals surface area contributed by atoms with Crippen molar-refractivity contribution in [3.05, 3.63) is 63.1 Å². The van der Waals surface area contributed by atoms with Crippen molar-refractivity contribution in [3.8, 4) is 5.75 Å². The minimum Gasteiger partial charge on any atom is -0.451 e. The van der Waals surface area contributed by atoms with E-state index >= 15 is 0 Å². The maximum Gasteiger partial charge on any atom is 0.511 e. The zero-order valence-electron chi connectivity index (χ0n) is 28.6. The van der Waals surface area contributed by atoms with Crippen molar-refractivity contribution in [3.63, 3.8) is 0 Å². The first-order valence-corrected chi connectivity index (χ1v) is 16.7. The van der Waals surface area contributed by atoms with Crippen molar-refractivity contribution in [1.82, 2.24) is 29.5 Å². The first-order valence-electron chi connectivity index (χ1n) is 16.7. The van der Waals surface area contributed by atoms with Gasteiger partial charge in [-0.25, -0.2) is 13.6 Å². The van der Waals surface area contributed by atoms with Crippen molar-refractivity contribution >= 4 is 48.7 Å². The summed E-state index contributed by atoms with van der Waals surface area (Å²) < 4.78 is 50.0. The molecule has 1 aromatic heterocycles. The van der Waals surface area contributed by atoms with Gasteiger partial charge in [0.1, 0.15) is 17.2 Å². The zero-order chi connectivity index (χ0) is 35.4. The van der Waals surface area contributed by atoms with E-state index in [2.05, 4.69) is 15.1 Å². The molecule has 0 bridgehead atoms.